The van der Waals surface area contributed by atoms with E-state index in [9.17, 15) is 18.0 Å². The molecule has 14 heavy (non-hydrogen) atoms. The maximum absolute atomic E-state index is 11.7. The zero-order chi connectivity index (χ0) is 10.6. The number of pyridine rings is 1. The number of H-pyrrole nitrogens is 1. The number of alkyl halides is 3. The van der Waals surface area contributed by atoms with Crippen molar-refractivity contribution >= 4 is 0 Å². The molecule has 1 rings (SSSR count). The minimum atomic E-state index is -4.21. The van der Waals surface area contributed by atoms with Gasteiger partial charge >= 0.3 is 6.18 Å². The second kappa shape index (κ2) is 4.28. The minimum Gasteiger partial charge on any atom is -0.329 e. The number of halogens is 3. The molecule has 1 heterocycles. The van der Waals surface area contributed by atoms with Crippen molar-refractivity contribution in [3.05, 3.63) is 34.2 Å². The molecule has 0 unspecified atom stereocenters. The fourth-order valence-corrected chi connectivity index (χ4v) is 0.901. The molecular formula is C8H9F3N2O. The highest BCUT2D eigenvalue weighted by Crippen LogP contribution is 2.12. The van der Waals surface area contributed by atoms with Gasteiger partial charge in [-0.25, -0.2) is 0 Å². The van der Waals surface area contributed by atoms with Crippen LogP contribution in [0, 0.1) is 0 Å². The van der Waals surface area contributed by atoms with Crippen LogP contribution < -0.4 is 10.9 Å². The minimum absolute atomic E-state index is 0.0797. The number of aromatic amines is 1. The van der Waals surface area contributed by atoms with Gasteiger partial charge in [-0.15, -0.1) is 0 Å². The van der Waals surface area contributed by atoms with Crippen LogP contribution >= 0.6 is 0 Å². The summed E-state index contributed by atoms with van der Waals surface area (Å²) in [7, 11) is 0. The average molecular weight is 206 g/mol. The van der Waals surface area contributed by atoms with Crippen LogP contribution in [0.15, 0.2) is 23.1 Å². The monoisotopic (exact) mass is 206 g/mol. The van der Waals surface area contributed by atoms with Gasteiger partial charge in [0.25, 0.3) is 0 Å². The van der Waals surface area contributed by atoms with Crippen molar-refractivity contribution in [3.8, 4) is 0 Å². The Labute approximate surface area is 78.0 Å². The molecule has 0 aliphatic rings. The van der Waals surface area contributed by atoms with Crippen LogP contribution in [-0.4, -0.2) is 17.7 Å². The van der Waals surface area contributed by atoms with Crippen LogP contribution in [0.5, 0.6) is 0 Å². The third-order valence-corrected chi connectivity index (χ3v) is 1.50. The van der Waals surface area contributed by atoms with Gasteiger partial charge in [0.2, 0.25) is 5.56 Å². The molecule has 0 bridgehead atoms. The summed E-state index contributed by atoms with van der Waals surface area (Å²) in [5.74, 6) is 0. The van der Waals surface area contributed by atoms with E-state index in [0.29, 0.717) is 5.56 Å². The van der Waals surface area contributed by atoms with E-state index in [0.717, 1.165) is 0 Å². The second-order valence-electron chi connectivity index (χ2n) is 2.78. The highest BCUT2D eigenvalue weighted by Gasteiger charge is 2.25. The Morgan fingerprint density at radius 2 is 2.07 bits per heavy atom. The molecule has 0 fully saturated rings. The summed E-state index contributed by atoms with van der Waals surface area (Å²) in [6, 6.07) is 2.74. The molecule has 0 aliphatic heterocycles. The van der Waals surface area contributed by atoms with Crippen molar-refractivity contribution in [1.29, 1.82) is 0 Å². The molecule has 6 heteroatoms. The molecule has 78 valence electrons. The Morgan fingerprint density at radius 3 is 2.57 bits per heavy atom. The largest absolute Gasteiger partial charge is 0.401 e. The normalized spacial score (nSPS) is 11.6. The molecule has 2 N–H and O–H groups in total. The quantitative estimate of drug-likeness (QED) is 0.775. The fourth-order valence-electron chi connectivity index (χ4n) is 0.901. The smallest absolute Gasteiger partial charge is 0.329 e. The van der Waals surface area contributed by atoms with Crippen LogP contribution in [0.25, 0.3) is 0 Å². The lowest BCUT2D eigenvalue weighted by atomic mass is 10.3. The van der Waals surface area contributed by atoms with Gasteiger partial charge in [0.05, 0.1) is 6.54 Å². The summed E-state index contributed by atoms with van der Waals surface area (Å²) >= 11 is 0. The highest BCUT2D eigenvalue weighted by atomic mass is 19.4. The fraction of sp³-hybridized carbons (Fsp3) is 0.375. The average Bonchev–Trinajstić information content (AvgIpc) is 2.06. The second-order valence-corrected chi connectivity index (χ2v) is 2.78. The molecule has 1 aromatic rings. The molecule has 0 saturated carbocycles. The van der Waals surface area contributed by atoms with Gasteiger partial charge < -0.3 is 10.3 Å². The first kappa shape index (κ1) is 10.8. The molecule has 0 aromatic carbocycles. The van der Waals surface area contributed by atoms with Gasteiger partial charge in [-0.1, -0.05) is 6.07 Å². The predicted octanol–water partition coefficient (Wildman–Crippen LogP) is 1.03. The van der Waals surface area contributed by atoms with Gasteiger partial charge in [-0.3, -0.25) is 4.79 Å². The number of rotatable bonds is 3. The standard InChI is InChI=1S/C8H9F3N2O/c9-8(10,11)5-12-3-6-1-2-7(14)13-4-6/h1-2,4,12H,3,5H2,(H,13,14). The van der Waals surface area contributed by atoms with Gasteiger partial charge in [0.15, 0.2) is 0 Å². The zero-order valence-electron chi connectivity index (χ0n) is 7.19. The van der Waals surface area contributed by atoms with E-state index in [-0.39, 0.29) is 12.1 Å². The van der Waals surface area contributed by atoms with Crippen LogP contribution in [0.4, 0.5) is 13.2 Å². The first-order valence-corrected chi connectivity index (χ1v) is 3.92. The van der Waals surface area contributed by atoms with Gasteiger partial charge in [-0.05, 0) is 5.56 Å². The Bertz CT molecular complexity index is 325. The Balaban J connectivity index is 2.39. The number of aromatic nitrogens is 1. The summed E-state index contributed by atoms with van der Waals surface area (Å²) in [4.78, 5) is 13.0. The van der Waals surface area contributed by atoms with E-state index < -0.39 is 12.7 Å². The lowest BCUT2D eigenvalue weighted by molar-refractivity contribution is -0.125. The Morgan fingerprint density at radius 1 is 1.36 bits per heavy atom. The van der Waals surface area contributed by atoms with Gasteiger partial charge in [0, 0.05) is 18.8 Å². The van der Waals surface area contributed by atoms with Crippen LogP contribution in [0.3, 0.4) is 0 Å². The van der Waals surface area contributed by atoms with Crippen LogP contribution in [0.2, 0.25) is 0 Å². The van der Waals surface area contributed by atoms with Crippen LogP contribution in [-0.2, 0) is 6.54 Å². The van der Waals surface area contributed by atoms with Crippen molar-refractivity contribution in [3.63, 3.8) is 0 Å². The summed E-state index contributed by atoms with van der Waals surface area (Å²) < 4.78 is 35.1. The van der Waals surface area contributed by atoms with E-state index in [2.05, 4.69) is 10.3 Å². The molecule has 0 spiro atoms. The van der Waals surface area contributed by atoms with Crippen molar-refractivity contribution < 1.29 is 13.2 Å². The molecule has 0 amide bonds. The van der Waals surface area contributed by atoms with E-state index in [1.165, 1.54) is 18.3 Å². The molecule has 0 saturated heterocycles. The van der Waals surface area contributed by atoms with E-state index in [1.807, 2.05) is 0 Å². The molecule has 0 aliphatic carbocycles. The van der Waals surface area contributed by atoms with Gasteiger partial charge in [0.1, 0.15) is 0 Å². The molecular weight excluding hydrogens is 197 g/mol. The first-order chi connectivity index (χ1) is 6.47. The van der Waals surface area contributed by atoms with Crippen molar-refractivity contribution in [2.24, 2.45) is 0 Å². The third-order valence-electron chi connectivity index (χ3n) is 1.50. The number of hydrogen-bond donors (Lipinski definition) is 2. The SMILES string of the molecule is O=c1ccc(CNCC(F)(F)F)c[nH]1. The zero-order valence-corrected chi connectivity index (χ0v) is 7.19. The summed E-state index contributed by atoms with van der Waals surface area (Å²) in [6.45, 7) is -0.956. The van der Waals surface area contributed by atoms with Crippen molar-refractivity contribution in [1.82, 2.24) is 10.3 Å². The predicted molar refractivity (Wildman–Crippen MR) is 44.8 cm³/mol. The van der Waals surface area contributed by atoms with E-state index in [1.54, 1.807) is 0 Å². The molecule has 0 atom stereocenters. The van der Waals surface area contributed by atoms with Crippen molar-refractivity contribution in [2.75, 3.05) is 6.54 Å². The topological polar surface area (TPSA) is 44.9 Å². The number of hydrogen-bond acceptors (Lipinski definition) is 2. The molecule has 3 nitrogen and oxygen atoms in total. The van der Waals surface area contributed by atoms with E-state index in [4.69, 9.17) is 0 Å². The number of nitrogens with one attached hydrogen (secondary N) is 2. The van der Waals surface area contributed by atoms with Gasteiger partial charge in [-0.2, -0.15) is 13.2 Å². The summed E-state index contributed by atoms with van der Waals surface area (Å²) in [6.07, 6.45) is -2.83. The Hall–Kier alpha value is -1.30. The maximum Gasteiger partial charge on any atom is 0.401 e. The van der Waals surface area contributed by atoms with Crippen molar-refractivity contribution in [2.45, 2.75) is 12.7 Å². The Kier molecular flexibility index (Phi) is 3.29. The molecule has 1 aromatic heterocycles. The van der Waals surface area contributed by atoms with E-state index >= 15 is 0 Å². The highest BCUT2D eigenvalue weighted by molar-refractivity contribution is 5.07. The lowest BCUT2D eigenvalue weighted by Gasteiger charge is -2.07. The van der Waals surface area contributed by atoms with Crippen LogP contribution in [0.1, 0.15) is 5.56 Å². The molecule has 0 radical (unpaired) electrons. The summed E-state index contributed by atoms with van der Waals surface area (Å²) in [5.41, 5.74) is 0.332. The third kappa shape index (κ3) is 4.08. The first-order valence-electron chi connectivity index (χ1n) is 3.92. The lowest BCUT2D eigenvalue weighted by Crippen LogP contribution is -2.28. The summed E-state index contributed by atoms with van der Waals surface area (Å²) in [5, 5.41) is 2.21. The maximum atomic E-state index is 11.7.